The van der Waals surface area contributed by atoms with Gasteiger partial charge in [-0.3, -0.25) is 24.6 Å². The van der Waals surface area contributed by atoms with Crippen molar-refractivity contribution in [1.29, 1.82) is 0 Å². The molecular formula is C22H23F3N4O4S. The lowest BCUT2D eigenvalue weighted by atomic mass is 9.97. The molecule has 1 atom stereocenters. The lowest BCUT2D eigenvalue weighted by Crippen LogP contribution is -2.40. The van der Waals surface area contributed by atoms with Crippen molar-refractivity contribution in [1.82, 2.24) is 4.90 Å². The van der Waals surface area contributed by atoms with Crippen LogP contribution < -0.4 is 11.1 Å². The number of hydrogen-bond donors (Lipinski definition) is 2. The molecule has 0 aromatic heterocycles. The molecule has 0 radical (unpaired) electrons. The van der Waals surface area contributed by atoms with Crippen molar-refractivity contribution in [2.75, 3.05) is 24.2 Å². The summed E-state index contributed by atoms with van der Waals surface area (Å²) < 4.78 is 38.4. The summed E-state index contributed by atoms with van der Waals surface area (Å²) in [6.45, 7) is 2.13. The molecule has 3 rings (SSSR count). The smallest absolute Gasteiger partial charge is 0.369 e. The molecule has 8 nitrogen and oxygen atoms in total. The molecule has 3 N–H and O–H groups in total. The van der Waals surface area contributed by atoms with Crippen molar-refractivity contribution >= 4 is 35.0 Å². The zero-order chi connectivity index (χ0) is 24.9. The molecule has 12 heteroatoms. The van der Waals surface area contributed by atoms with Gasteiger partial charge in [-0.25, -0.2) is 0 Å². The fourth-order valence-electron chi connectivity index (χ4n) is 3.68. The summed E-state index contributed by atoms with van der Waals surface area (Å²) >= 11 is 0.786. The third kappa shape index (κ3) is 6.94. The number of carbonyl (C=O) groups excluding carboxylic acids is 2. The summed E-state index contributed by atoms with van der Waals surface area (Å²) in [5.41, 5.74) is 5.10. The van der Waals surface area contributed by atoms with Gasteiger partial charge in [0.1, 0.15) is 0 Å². The van der Waals surface area contributed by atoms with Crippen LogP contribution in [0, 0.1) is 16.0 Å². The van der Waals surface area contributed by atoms with Crippen LogP contribution in [0.4, 0.5) is 24.5 Å². The minimum atomic E-state index is -4.70. The van der Waals surface area contributed by atoms with Gasteiger partial charge in [-0.15, -0.1) is 11.8 Å². The van der Waals surface area contributed by atoms with Gasteiger partial charge in [0.2, 0.25) is 11.8 Å². The number of nitrogens with two attached hydrogens (primary N) is 1. The number of carbonyl (C=O) groups is 2. The molecule has 34 heavy (non-hydrogen) atoms. The summed E-state index contributed by atoms with van der Waals surface area (Å²) in [6.07, 6.45) is -3.00. The number of rotatable bonds is 8. The van der Waals surface area contributed by atoms with Crippen molar-refractivity contribution in [2.24, 2.45) is 11.7 Å². The Labute approximate surface area is 197 Å². The van der Waals surface area contributed by atoms with Crippen LogP contribution in [0.1, 0.15) is 24.0 Å². The largest absolute Gasteiger partial charge is 0.416 e. The highest BCUT2D eigenvalue weighted by Crippen LogP contribution is 2.36. The third-order valence-corrected chi connectivity index (χ3v) is 6.46. The number of thioether (sulfide) groups is 1. The third-order valence-electron chi connectivity index (χ3n) is 5.39. The predicted molar refractivity (Wildman–Crippen MR) is 121 cm³/mol. The second kappa shape index (κ2) is 10.9. The van der Waals surface area contributed by atoms with Gasteiger partial charge in [0.15, 0.2) is 0 Å². The van der Waals surface area contributed by atoms with Gasteiger partial charge in [0.05, 0.1) is 27.1 Å². The zero-order valence-corrected chi connectivity index (χ0v) is 18.8. The molecular weight excluding hydrogens is 473 g/mol. The fraction of sp³-hybridized carbons (Fsp3) is 0.364. The Balaban J connectivity index is 1.54. The Bertz CT molecular complexity index is 1060. The number of benzene rings is 2. The molecule has 1 aliphatic rings. The number of nitrogens with one attached hydrogen (secondary N) is 1. The van der Waals surface area contributed by atoms with Crippen molar-refractivity contribution in [3.8, 4) is 0 Å². The van der Waals surface area contributed by atoms with Crippen molar-refractivity contribution in [3.63, 3.8) is 0 Å². The topological polar surface area (TPSA) is 119 Å². The SMILES string of the molecule is NC(=O)C1CCCN(Cc2ccc(NC(=O)CSc3ccc(C(F)(F)F)cc3[N+](=O)[O-])cc2)C1. The number of primary amides is 1. The molecule has 1 saturated heterocycles. The van der Waals surface area contributed by atoms with E-state index >= 15 is 0 Å². The van der Waals surface area contributed by atoms with Gasteiger partial charge in [-0.1, -0.05) is 12.1 Å². The lowest BCUT2D eigenvalue weighted by molar-refractivity contribution is -0.388. The van der Waals surface area contributed by atoms with Crippen molar-refractivity contribution in [3.05, 3.63) is 63.7 Å². The predicted octanol–water partition coefficient (Wildman–Crippen LogP) is 4.04. The molecule has 0 aliphatic carbocycles. The number of piperidine rings is 1. The number of hydrogen-bond acceptors (Lipinski definition) is 6. The molecule has 1 fully saturated rings. The second-order valence-electron chi connectivity index (χ2n) is 7.95. The first kappa shape index (κ1) is 25.5. The summed E-state index contributed by atoms with van der Waals surface area (Å²) in [6, 6.07) is 9.33. The van der Waals surface area contributed by atoms with Crippen LogP contribution in [0.25, 0.3) is 0 Å². The Morgan fingerprint density at radius 1 is 1.21 bits per heavy atom. The molecule has 2 aromatic carbocycles. The number of nitro groups is 1. The minimum absolute atomic E-state index is 0.0284. The number of halogens is 3. The van der Waals surface area contributed by atoms with Gasteiger partial charge < -0.3 is 11.1 Å². The highest BCUT2D eigenvalue weighted by atomic mass is 32.2. The van der Waals surface area contributed by atoms with Crippen LogP contribution in [0.2, 0.25) is 0 Å². The van der Waals surface area contributed by atoms with E-state index < -0.39 is 28.3 Å². The van der Waals surface area contributed by atoms with E-state index in [1.165, 1.54) is 0 Å². The van der Waals surface area contributed by atoms with Crippen LogP contribution in [-0.2, 0) is 22.3 Å². The van der Waals surface area contributed by atoms with Crippen LogP contribution in [0.3, 0.4) is 0 Å². The van der Waals surface area contributed by atoms with Crippen LogP contribution in [0.15, 0.2) is 47.4 Å². The van der Waals surface area contributed by atoms with Crippen molar-refractivity contribution < 1.29 is 27.7 Å². The summed E-state index contributed by atoms with van der Waals surface area (Å²) in [7, 11) is 0. The monoisotopic (exact) mass is 496 g/mol. The fourth-order valence-corrected chi connectivity index (χ4v) is 4.49. The number of anilines is 1. The second-order valence-corrected chi connectivity index (χ2v) is 8.96. The molecule has 0 spiro atoms. The Morgan fingerprint density at radius 3 is 2.53 bits per heavy atom. The molecule has 0 saturated carbocycles. The van der Waals surface area contributed by atoms with E-state index in [-0.39, 0.29) is 22.5 Å². The molecule has 182 valence electrons. The quantitative estimate of drug-likeness (QED) is 0.324. The number of amides is 2. The molecule has 0 bridgehead atoms. The van der Waals surface area contributed by atoms with Gasteiger partial charge in [-0.05, 0) is 49.2 Å². The number of nitrogens with zero attached hydrogens (tertiary/aromatic N) is 2. The number of likely N-dealkylation sites (tertiary alicyclic amines) is 1. The normalized spacial score (nSPS) is 16.7. The van der Waals surface area contributed by atoms with Gasteiger partial charge in [0, 0.05) is 24.8 Å². The summed E-state index contributed by atoms with van der Waals surface area (Å²) in [5, 5.41) is 13.8. The summed E-state index contributed by atoms with van der Waals surface area (Å²) in [4.78, 5) is 36.1. The van der Waals surface area contributed by atoms with Crippen LogP contribution in [-0.4, -0.2) is 40.5 Å². The van der Waals surface area contributed by atoms with E-state index in [0.29, 0.717) is 24.8 Å². The molecule has 1 unspecified atom stereocenters. The lowest BCUT2D eigenvalue weighted by Gasteiger charge is -2.31. The average molecular weight is 497 g/mol. The van der Waals surface area contributed by atoms with Crippen LogP contribution >= 0.6 is 11.8 Å². The minimum Gasteiger partial charge on any atom is -0.369 e. The van der Waals surface area contributed by atoms with E-state index in [9.17, 15) is 32.9 Å². The molecule has 2 aromatic rings. The maximum absolute atomic E-state index is 12.8. The van der Waals surface area contributed by atoms with E-state index in [4.69, 9.17) is 5.73 Å². The first-order valence-corrected chi connectivity index (χ1v) is 11.4. The maximum atomic E-state index is 12.8. The van der Waals surface area contributed by atoms with Crippen molar-refractivity contribution in [2.45, 2.75) is 30.5 Å². The standard InChI is InChI=1S/C22H23F3N4O4S/c23-22(24,25)16-5-8-19(18(10-16)29(32)33)34-13-20(30)27-17-6-3-14(4-7-17)11-28-9-1-2-15(12-28)21(26)31/h3-8,10,15H,1-2,9,11-13H2,(H2,26,31)(H,27,30). The molecule has 1 heterocycles. The first-order chi connectivity index (χ1) is 16.0. The highest BCUT2D eigenvalue weighted by Gasteiger charge is 2.33. The summed E-state index contributed by atoms with van der Waals surface area (Å²) in [5.74, 6) is -1.10. The number of alkyl halides is 3. The zero-order valence-electron chi connectivity index (χ0n) is 18.0. The Morgan fingerprint density at radius 2 is 1.91 bits per heavy atom. The van der Waals surface area contributed by atoms with E-state index in [0.717, 1.165) is 48.8 Å². The Kier molecular flexibility index (Phi) is 8.15. The first-order valence-electron chi connectivity index (χ1n) is 10.4. The van der Waals surface area contributed by atoms with E-state index in [1.54, 1.807) is 12.1 Å². The number of nitro benzene ring substituents is 1. The van der Waals surface area contributed by atoms with E-state index in [1.807, 2.05) is 12.1 Å². The van der Waals surface area contributed by atoms with Gasteiger partial charge >= 0.3 is 6.18 Å². The Hall–Kier alpha value is -3.12. The molecule has 1 aliphatic heterocycles. The van der Waals surface area contributed by atoms with Crippen LogP contribution in [0.5, 0.6) is 0 Å². The van der Waals surface area contributed by atoms with E-state index in [2.05, 4.69) is 10.2 Å². The van der Waals surface area contributed by atoms with Gasteiger partial charge in [0.25, 0.3) is 5.69 Å². The maximum Gasteiger partial charge on any atom is 0.416 e. The van der Waals surface area contributed by atoms with Gasteiger partial charge in [-0.2, -0.15) is 13.2 Å². The molecule has 2 amide bonds. The highest BCUT2D eigenvalue weighted by molar-refractivity contribution is 8.00. The average Bonchev–Trinajstić information content (AvgIpc) is 2.78.